The molecule has 2 unspecified atom stereocenters. The Morgan fingerprint density at radius 1 is 1.47 bits per heavy atom. The lowest BCUT2D eigenvalue weighted by molar-refractivity contribution is 0.109. The zero-order valence-electron chi connectivity index (χ0n) is 8.39. The Morgan fingerprint density at radius 2 is 2.27 bits per heavy atom. The van der Waals surface area contributed by atoms with Crippen LogP contribution in [0, 0.1) is 0 Å². The Labute approximate surface area is 88.3 Å². The monoisotopic (exact) mass is 209 g/mol. The normalized spacial score (nSPS) is 18.1. The molecule has 4 nitrogen and oxygen atoms in total. The van der Waals surface area contributed by atoms with Crippen LogP contribution in [0.3, 0.4) is 0 Å². The van der Waals surface area contributed by atoms with E-state index in [4.69, 9.17) is 15.6 Å². The van der Waals surface area contributed by atoms with E-state index in [1.54, 1.807) is 6.07 Å². The minimum Gasteiger partial charge on any atom is -0.493 e. The molecule has 0 aliphatic carbocycles. The second-order valence-electron chi connectivity index (χ2n) is 3.76. The maximum Gasteiger partial charge on any atom is 0.122 e. The van der Waals surface area contributed by atoms with Gasteiger partial charge in [-0.2, -0.15) is 0 Å². The van der Waals surface area contributed by atoms with Crippen molar-refractivity contribution < 1.29 is 14.9 Å². The van der Waals surface area contributed by atoms with Crippen molar-refractivity contribution in [3.05, 3.63) is 29.3 Å². The van der Waals surface area contributed by atoms with Crippen LogP contribution in [0.2, 0.25) is 0 Å². The molecule has 1 aromatic carbocycles. The molecule has 1 aliphatic heterocycles. The van der Waals surface area contributed by atoms with E-state index in [-0.39, 0.29) is 6.61 Å². The summed E-state index contributed by atoms with van der Waals surface area (Å²) in [7, 11) is 0. The van der Waals surface area contributed by atoms with Gasteiger partial charge in [-0.15, -0.1) is 0 Å². The molecule has 1 aliphatic rings. The van der Waals surface area contributed by atoms with Crippen molar-refractivity contribution in [2.24, 2.45) is 5.73 Å². The fraction of sp³-hybridized carbons (Fsp3) is 0.455. The Morgan fingerprint density at radius 3 is 3.00 bits per heavy atom. The molecule has 0 amide bonds. The van der Waals surface area contributed by atoms with Crippen LogP contribution in [0.1, 0.15) is 17.2 Å². The van der Waals surface area contributed by atoms with Crippen molar-refractivity contribution in [2.45, 2.75) is 18.6 Å². The summed E-state index contributed by atoms with van der Waals surface area (Å²) >= 11 is 0. The molecule has 0 fully saturated rings. The predicted molar refractivity (Wildman–Crippen MR) is 55.7 cm³/mol. The summed E-state index contributed by atoms with van der Waals surface area (Å²) in [6.45, 7) is 0.468. The third-order valence-electron chi connectivity index (χ3n) is 2.67. The lowest BCUT2D eigenvalue weighted by Crippen LogP contribution is -2.31. The molecule has 0 saturated carbocycles. The van der Waals surface area contributed by atoms with E-state index in [9.17, 15) is 5.11 Å². The zero-order valence-corrected chi connectivity index (χ0v) is 8.39. The van der Waals surface area contributed by atoms with Crippen molar-refractivity contribution in [3.63, 3.8) is 0 Å². The Kier molecular flexibility index (Phi) is 2.90. The number of hydrogen-bond donors (Lipinski definition) is 3. The van der Waals surface area contributed by atoms with Gasteiger partial charge in [0.05, 0.1) is 25.4 Å². The average Bonchev–Trinajstić information content (AvgIpc) is 2.73. The smallest absolute Gasteiger partial charge is 0.122 e. The van der Waals surface area contributed by atoms with Gasteiger partial charge in [0.2, 0.25) is 0 Å². The summed E-state index contributed by atoms with van der Waals surface area (Å²) in [6.07, 6.45) is 0.0467. The van der Waals surface area contributed by atoms with Crippen LogP contribution in [0.4, 0.5) is 0 Å². The van der Waals surface area contributed by atoms with Crippen molar-refractivity contribution in [1.82, 2.24) is 0 Å². The second kappa shape index (κ2) is 4.18. The number of aliphatic hydroxyl groups is 2. The number of ether oxygens (including phenoxy) is 1. The van der Waals surface area contributed by atoms with Crippen LogP contribution in [0.5, 0.6) is 5.75 Å². The molecule has 4 heteroatoms. The van der Waals surface area contributed by atoms with Gasteiger partial charge in [0.15, 0.2) is 0 Å². The highest BCUT2D eigenvalue weighted by atomic mass is 16.5. The molecule has 1 aromatic rings. The maximum atomic E-state index is 9.79. The number of benzene rings is 1. The molecular formula is C11H15NO3. The minimum absolute atomic E-state index is 0.227. The minimum atomic E-state index is -0.819. The number of aliphatic hydroxyl groups excluding tert-OH is 2. The van der Waals surface area contributed by atoms with Crippen LogP contribution in [-0.4, -0.2) is 29.5 Å². The van der Waals surface area contributed by atoms with Crippen LogP contribution in [-0.2, 0) is 6.42 Å². The first-order chi connectivity index (χ1) is 7.22. The van der Waals surface area contributed by atoms with E-state index in [0.29, 0.717) is 6.61 Å². The number of rotatable bonds is 3. The lowest BCUT2D eigenvalue weighted by atomic mass is 10.0. The third-order valence-corrected chi connectivity index (χ3v) is 2.67. The van der Waals surface area contributed by atoms with E-state index < -0.39 is 12.1 Å². The van der Waals surface area contributed by atoms with Crippen LogP contribution in [0.15, 0.2) is 18.2 Å². The molecular weight excluding hydrogens is 194 g/mol. The van der Waals surface area contributed by atoms with Gasteiger partial charge >= 0.3 is 0 Å². The molecule has 0 saturated heterocycles. The zero-order chi connectivity index (χ0) is 10.8. The fourth-order valence-corrected chi connectivity index (χ4v) is 1.74. The van der Waals surface area contributed by atoms with E-state index in [1.165, 1.54) is 0 Å². The summed E-state index contributed by atoms with van der Waals surface area (Å²) in [6, 6.07) is 4.88. The summed E-state index contributed by atoms with van der Waals surface area (Å²) in [4.78, 5) is 0. The Bertz CT molecular complexity index is 354. The standard InChI is InChI=1S/C11H15NO3/c12-9(6-13)11(14)8-1-2-10-7(5-8)3-4-15-10/h1-2,5,9,11,13-14H,3-4,6,12H2. The van der Waals surface area contributed by atoms with Gasteiger partial charge in [-0.3, -0.25) is 0 Å². The first-order valence-electron chi connectivity index (χ1n) is 5.02. The van der Waals surface area contributed by atoms with Gasteiger partial charge < -0.3 is 20.7 Å². The van der Waals surface area contributed by atoms with Gasteiger partial charge in [-0.1, -0.05) is 6.07 Å². The number of nitrogens with two attached hydrogens (primary N) is 1. The van der Waals surface area contributed by atoms with Crippen molar-refractivity contribution in [1.29, 1.82) is 0 Å². The Balaban J connectivity index is 2.22. The first kappa shape index (κ1) is 10.4. The molecule has 82 valence electrons. The van der Waals surface area contributed by atoms with Crippen LogP contribution >= 0.6 is 0 Å². The Hall–Kier alpha value is -1.10. The largest absolute Gasteiger partial charge is 0.493 e. The maximum absolute atomic E-state index is 9.79. The summed E-state index contributed by atoms with van der Waals surface area (Å²) in [5, 5.41) is 18.6. The van der Waals surface area contributed by atoms with E-state index >= 15 is 0 Å². The highest BCUT2D eigenvalue weighted by molar-refractivity contribution is 5.40. The molecule has 2 atom stereocenters. The van der Waals surface area contributed by atoms with Crippen molar-refractivity contribution >= 4 is 0 Å². The van der Waals surface area contributed by atoms with Crippen molar-refractivity contribution in [2.75, 3.05) is 13.2 Å². The van der Waals surface area contributed by atoms with Gasteiger partial charge in [0.25, 0.3) is 0 Å². The van der Waals surface area contributed by atoms with Crippen LogP contribution in [0.25, 0.3) is 0 Å². The molecule has 15 heavy (non-hydrogen) atoms. The SMILES string of the molecule is NC(CO)C(O)c1ccc2c(c1)CCO2. The number of fused-ring (bicyclic) bond motifs is 1. The molecule has 1 heterocycles. The number of hydrogen-bond acceptors (Lipinski definition) is 4. The van der Waals surface area contributed by atoms with Gasteiger partial charge in [0.1, 0.15) is 5.75 Å². The second-order valence-corrected chi connectivity index (χ2v) is 3.76. The quantitative estimate of drug-likeness (QED) is 0.653. The third kappa shape index (κ3) is 1.97. The van der Waals surface area contributed by atoms with Crippen LogP contribution < -0.4 is 10.5 Å². The van der Waals surface area contributed by atoms with E-state index in [1.807, 2.05) is 12.1 Å². The fourth-order valence-electron chi connectivity index (χ4n) is 1.74. The average molecular weight is 209 g/mol. The summed E-state index contributed by atoms with van der Waals surface area (Å²) in [5.74, 6) is 0.878. The predicted octanol–water partition coefficient (Wildman–Crippen LogP) is -0.0255. The topological polar surface area (TPSA) is 75.7 Å². The molecule has 0 aromatic heterocycles. The van der Waals surface area contributed by atoms with Gasteiger partial charge in [-0.25, -0.2) is 0 Å². The first-order valence-corrected chi connectivity index (χ1v) is 5.02. The molecule has 0 radical (unpaired) electrons. The summed E-state index contributed by atoms with van der Waals surface area (Å²) < 4.78 is 5.36. The molecule has 2 rings (SSSR count). The van der Waals surface area contributed by atoms with Gasteiger partial charge in [0, 0.05) is 6.42 Å². The lowest BCUT2D eigenvalue weighted by Gasteiger charge is -2.17. The molecule has 4 N–H and O–H groups in total. The summed E-state index contributed by atoms with van der Waals surface area (Å²) in [5.41, 5.74) is 7.39. The molecule has 0 spiro atoms. The van der Waals surface area contributed by atoms with E-state index in [0.717, 1.165) is 23.3 Å². The highest BCUT2D eigenvalue weighted by Crippen LogP contribution is 2.28. The van der Waals surface area contributed by atoms with Crippen molar-refractivity contribution in [3.8, 4) is 5.75 Å². The van der Waals surface area contributed by atoms with Gasteiger partial charge in [-0.05, 0) is 23.3 Å². The highest BCUT2D eigenvalue weighted by Gasteiger charge is 2.19. The molecule has 0 bridgehead atoms. The van der Waals surface area contributed by atoms with E-state index in [2.05, 4.69) is 0 Å².